The zero-order chi connectivity index (χ0) is 18.2. The molecule has 1 fully saturated rings. The first kappa shape index (κ1) is 17.6. The summed E-state index contributed by atoms with van der Waals surface area (Å²) in [6, 6.07) is 9.23. The van der Waals surface area contributed by atoms with E-state index < -0.39 is 26.2 Å². The molecule has 2 aromatic rings. The smallest absolute Gasteiger partial charge is 0.314 e. The van der Waals surface area contributed by atoms with Crippen LogP contribution in [0.15, 0.2) is 51.0 Å². The molecule has 1 aromatic carbocycles. The Balaban J connectivity index is 1.95. The van der Waals surface area contributed by atoms with Gasteiger partial charge in [0.05, 0.1) is 0 Å². The molecule has 1 aliphatic heterocycles. The number of aryl methyl sites for hydroxylation is 1. The Morgan fingerprint density at radius 2 is 1.80 bits per heavy atom. The minimum atomic E-state index is -4.06. The first-order valence-electron chi connectivity index (χ1n) is 7.86. The highest BCUT2D eigenvalue weighted by molar-refractivity contribution is 7.89. The Morgan fingerprint density at radius 3 is 2.48 bits per heavy atom. The van der Waals surface area contributed by atoms with Gasteiger partial charge in [0.1, 0.15) is 0 Å². The van der Waals surface area contributed by atoms with Gasteiger partial charge in [-0.1, -0.05) is 30.3 Å². The molecule has 2 heterocycles. The molecule has 0 saturated carbocycles. The van der Waals surface area contributed by atoms with Crippen molar-refractivity contribution in [3.63, 3.8) is 0 Å². The second kappa shape index (κ2) is 6.58. The molecule has 0 spiro atoms. The first-order chi connectivity index (χ1) is 11.8. The van der Waals surface area contributed by atoms with Gasteiger partial charge in [0.15, 0.2) is 4.90 Å². The van der Waals surface area contributed by atoms with Crippen LogP contribution in [0.1, 0.15) is 11.5 Å². The molecule has 1 aromatic heterocycles. The van der Waals surface area contributed by atoms with Crippen LogP contribution in [-0.4, -0.2) is 36.7 Å². The topological polar surface area (TPSA) is 102 Å². The van der Waals surface area contributed by atoms with E-state index in [0.29, 0.717) is 13.1 Å². The fraction of sp³-hybridized carbons (Fsp3) is 0.375. The lowest BCUT2D eigenvalue weighted by molar-refractivity contribution is 0.535. The highest BCUT2D eigenvalue weighted by Crippen LogP contribution is 2.23. The van der Waals surface area contributed by atoms with Gasteiger partial charge in [-0.05, 0) is 5.56 Å². The van der Waals surface area contributed by atoms with Crippen molar-refractivity contribution in [1.29, 1.82) is 0 Å². The van der Waals surface area contributed by atoms with Crippen molar-refractivity contribution in [3.8, 4) is 0 Å². The minimum absolute atomic E-state index is 0.0349. The number of benzene rings is 1. The van der Waals surface area contributed by atoms with E-state index in [1.807, 2.05) is 30.3 Å². The van der Waals surface area contributed by atoms with E-state index in [-0.39, 0.29) is 12.0 Å². The normalized spacial score (nSPS) is 20.7. The summed E-state index contributed by atoms with van der Waals surface area (Å²) >= 11 is 0. The number of hydrogen-bond acceptors (Lipinski definition) is 5. The Morgan fingerprint density at radius 1 is 1.12 bits per heavy atom. The summed E-state index contributed by atoms with van der Waals surface area (Å²) in [4.78, 5) is 23.5. The van der Waals surface area contributed by atoms with Gasteiger partial charge in [-0.15, -0.1) is 0 Å². The van der Waals surface area contributed by atoms with Crippen molar-refractivity contribution >= 4 is 10.0 Å². The minimum Gasteiger partial charge on any atom is -0.314 e. The lowest BCUT2D eigenvalue weighted by Gasteiger charge is -2.20. The molecule has 1 aliphatic rings. The van der Waals surface area contributed by atoms with Crippen LogP contribution in [0.2, 0.25) is 0 Å². The molecule has 3 rings (SSSR count). The first-order valence-corrected chi connectivity index (χ1v) is 9.34. The van der Waals surface area contributed by atoms with Crippen LogP contribution in [0.5, 0.6) is 0 Å². The number of sulfonamides is 1. The molecule has 2 N–H and O–H groups in total. The third-order valence-corrected chi connectivity index (χ3v) is 5.93. The summed E-state index contributed by atoms with van der Waals surface area (Å²) in [6.45, 7) is 1.10. The zero-order valence-electron chi connectivity index (χ0n) is 14.0. The number of nitrogens with zero attached hydrogens (tertiary/aromatic N) is 2. The lowest BCUT2D eigenvalue weighted by atomic mass is 9.95. The third-order valence-electron chi connectivity index (χ3n) is 4.45. The van der Waals surface area contributed by atoms with Gasteiger partial charge in [-0.3, -0.25) is 9.36 Å². The molecule has 134 valence electrons. The van der Waals surface area contributed by atoms with Gasteiger partial charge in [0.2, 0.25) is 10.0 Å². The van der Waals surface area contributed by atoms with Gasteiger partial charge in [-0.25, -0.2) is 17.9 Å². The maximum absolute atomic E-state index is 12.7. The molecule has 0 amide bonds. The molecule has 25 heavy (non-hydrogen) atoms. The maximum atomic E-state index is 12.7. The fourth-order valence-electron chi connectivity index (χ4n) is 3.08. The Kier molecular flexibility index (Phi) is 4.63. The van der Waals surface area contributed by atoms with E-state index in [1.54, 1.807) is 0 Å². The van der Waals surface area contributed by atoms with Crippen molar-refractivity contribution in [2.45, 2.75) is 16.9 Å². The number of hydrogen-bond donors (Lipinski definition) is 2. The summed E-state index contributed by atoms with van der Waals surface area (Å²) in [7, 11) is -1.40. The van der Waals surface area contributed by atoms with Gasteiger partial charge in [0, 0.05) is 45.3 Å². The largest absolute Gasteiger partial charge is 0.330 e. The molecule has 1 saturated heterocycles. The quantitative estimate of drug-likeness (QED) is 0.733. The van der Waals surface area contributed by atoms with E-state index in [2.05, 4.69) is 10.0 Å². The van der Waals surface area contributed by atoms with Crippen LogP contribution in [0.4, 0.5) is 0 Å². The van der Waals surface area contributed by atoms with Gasteiger partial charge < -0.3 is 9.88 Å². The molecular formula is C16H20N4O4S. The van der Waals surface area contributed by atoms with Crippen LogP contribution in [-0.2, 0) is 24.1 Å². The second-order valence-electron chi connectivity index (χ2n) is 6.15. The molecule has 8 nitrogen and oxygen atoms in total. The van der Waals surface area contributed by atoms with Crippen molar-refractivity contribution < 1.29 is 8.42 Å². The van der Waals surface area contributed by atoms with E-state index in [4.69, 9.17) is 0 Å². The standard InChI is InChI=1S/C16H20N4O4S/c1-19-10-14(15(21)20(2)16(19)22)25(23,24)18-13-9-17-8-12(13)11-6-4-3-5-7-11/h3-7,10,12-13,17-18H,8-9H2,1-2H3/t12-,13+/m0/s1. The summed E-state index contributed by atoms with van der Waals surface area (Å²) in [5.41, 5.74) is -0.389. The maximum Gasteiger partial charge on any atom is 0.330 e. The van der Waals surface area contributed by atoms with Gasteiger partial charge in [0.25, 0.3) is 5.56 Å². The Hall–Kier alpha value is -2.23. The van der Waals surface area contributed by atoms with E-state index in [9.17, 15) is 18.0 Å². The Labute approximate surface area is 145 Å². The average Bonchev–Trinajstić information content (AvgIpc) is 3.04. The number of aromatic nitrogens is 2. The van der Waals surface area contributed by atoms with E-state index >= 15 is 0 Å². The number of rotatable bonds is 4. The molecular weight excluding hydrogens is 344 g/mol. The molecule has 0 radical (unpaired) electrons. The SMILES string of the molecule is Cn1cc(S(=O)(=O)N[C@@H]2CNC[C@H]2c2ccccc2)c(=O)n(C)c1=O. The van der Waals surface area contributed by atoms with E-state index in [1.165, 1.54) is 14.1 Å². The van der Waals surface area contributed by atoms with Crippen LogP contribution in [0.25, 0.3) is 0 Å². The van der Waals surface area contributed by atoms with Crippen LogP contribution >= 0.6 is 0 Å². The van der Waals surface area contributed by atoms with Gasteiger partial charge >= 0.3 is 5.69 Å². The van der Waals surface area contributed by atoms with Crippen molar-refractivity contribution in [1.82, 2.24) is 19.2 Å². The molecule has 0 aliphatic carbocycles. The summed E-state index contributed by atoms with van der Waals surface area (Å²) in [6.07, 6.45) is 1.06. The van der Waals surface area contributed by atoms with Crippen molar-refractivity contribution in [2.75, 3.05) is 13.1 Å². The monoisotopic (exact) mass is 364 g/mol. The fourth-order valence-corrected chi connectivity index (χ4v) is 4.51. The zero-order valence-corrected chi connectivity index (χ0v) is 14.8. The highest BCUT2D eigenvalue weighted by Gasteiger charge is 2.33. The van der Waals surface area contributed by atoms with Crippen LogP contribution in [0, 0.1) is 0 Å². The molecule has 0 bridgehead atoms. The van der Waals surface area contributed by atoms with Crippen LogP contribution in [0.3, 0.4) is 0 Å². The Bertz CT molecular complexity index is 995. The highest BCUT2D eigenvalue weighted by atomic mass is 32.2. The average molecular weight is 364 g/mol. The van der Waals surface area contributed by atoms with Crippen molar-refractivity contribution in [2.24, 2.45) is 14.1 Å². The molecule has 0 unspecified atom stereocenters. The molecule has 2 atom stereocenters. The number of nitrogens with one attached hydrogen (secondary N) is 2. The van der Waals surface area contributed by atoms with Crippen LogP contribution < -0.4 is 21.3 Å². The second-order valence-corrected chi connectivity index (χ2v) is 7.84. The predicted molar refractivity (Wildman–Crippen MR) is 93.1 cm³/mol. The summed E-state index contributed by atoms with van der Waals surface area (Å²) in [5, 5.41) is 3.18. The van der Waals surface area contributed by atoms with E-state index in [0.717, 1.165) is 20.9 Å². The predicted octanol–water partition coefficient (Wildman–Crippen LogP) is -0.882. The lowest BCUT2D eigenvalue weighted by Crippen LogP contribution is -2.45. The summed E-state index contributed by atoms with van der Waals surface area (Å²) in [5.74, 6) is -0.0349. The van der Waals surface area contributed by atoms with Crippen molar-refractivity contribution in [3.05, 3.63) is 62.9 Å². The molecule has 9 heteroatoms. The summed E-state index contributed by atoms with van der Waals surface area (Å²) < 4.78 is 30.0. The van der Waals surface area contributed by atoms with Gasteiger partial charge in [-0.2, -0.15) is 0 Å². The third kappa shape index (κ3) is 3.30.